The summed E-state index contributed by atoms with van der Waals surface area (Å²) in [6.07, 6.45) is 3.73. The van der Waals surface area contributed by atoms with Gasteiger partial charge in [-0.2, -0.15) is 0 Å². The van der Waals surface area contributed by atoms with E-state index < -0.39 is 0 Å². The van der Waals surface area contributed by atoms with Crippen molar-refractivity contribution < 1.29 is 4.79 Å². The number of aromatic amines is 1. The number of amides is 1. The molecular formula is C23H24N2O2. The maximum atomic E-state index is 12.1. The van der Waals surface area contributed by atoms with Crippen LogP contribution in [0.4, 0.5) is 0 Å². The number of hydrogen-bond donors (Lipinski definition) is 2. The summed E-state index contributed by atoms with van der Waals surface area (Å²) in [4.78, 5) is 26.9. The first kappa shape index (κ1) is 18.6. The van der Waals surface area contributed by atoms with Crippen LogP contribution in [0.3, 0.4) is 0 Å². The van der Waals surface area contributed by atoms with Gasteiger partial charge in [0.15, 0.2) is 0 Å². The molecule has 3 aromatic rings. The zero-order valence-electron chi connectivity index (χ0n) is 15.7. The van der Waals surface area contributed by atoms with Crippen molar-refractivity contribution >= 4 is 22.9 Å². The molecule has 0 saturated carbocycles. The zero-order valence-corrected chi connectivity index (χ0v) is 15.7. The van der Waals surface area contributed by atoms with E-state index in [9.17, 15) is 9.59 Å². The average molecular weight is 360 g/mol. The minimum atomic E-state index is -0.207. The van der Waals surface area contributed by atoms with Crippen LogP contribution in [-0.4, -0.2) is 17.4 Å². The number of pyridine rings is 1. The average Bonchev–Trinajstić information content (AvgIpc) is 2.66. The van der Waals surface area contributed by atoms with E-state index in [4.69, 9.17) is 0 Å². The van der Waals surface area contributed by atoms with Gasteiger partial charge in [0, 0.05) is 23.7 Å². The number of benzene rings is 2. The monoisotopic (exact) mass is 360 g/mol. The molecule has 4 heteroatoms. The molecule has 4 nitrogen and oxygen atoms in total. The number of carbonyl (C=O) groups is 1. The van der Waals surface area contributed by atoms with Crippen LogP contribution in [0.5, 0.6) is 0 Å². The molecule has 0 aliphatic carbocycles. The lowest BCUT2D eigenvalue weighted by Crippen LogP contribution is -2.23. The summed E-state index contributed by atoms with van der Waals surface area (Å²) >= 11 is 0. The molecule has 1 amide bonds. The van der Waals surface area contributed by atoms with Gasteiger partial charge in [-0.3, -0.25) is 9.59 Å². The van der Waals surface area contributed by atoms with Crippen molar-refractivity contribution in [1.82, 2.24) is 10.3 Å². The molecule has 1 heterocycles. The molecular weight excluding hydrogens is 336 g/mol. The Hall–Kier alpha value is -3.14. The van der Waals surface area contributed by atoms with Gasteiger partial charge in [-0.1, -0.05) is 56.3 Å². The summed E-state index contributed by atoms with van der Waals surface area (Å²) in [7, 11) is 0. The molecule has 0 saturated heterocycles. The summed E-state index contributed by atoms with van der Waals surface area (Å²) in [6, 6.07) is 17.8. The Morgan fingerprint density at radius 1 is 1.11 bits per heavy atom. The Labute approximate surface area is 158 Å². The zero-order chi connectivity index (χ0) is 19.2. The van der Waals surface area contributed by atoms with Crippen LogP contribution in [0, 0.1) is 0 Å². The lowest BCUT2D eigenvalue weighted by atomic mass is 10.0. The normalized spacial score (nSPS) is 11.4. The Balaban J connectivity index is 1.56. The number of H-pyrrole nitrogens is 1. The number of hydrogen-bond acceptors (Lipinski definition) is 2. The lowest BCUT2D eigenvalue weighted by Gasteiger charge is -2.07. The van der Waals surface area contributed by atoms with Gasteiger partial charge in [-0.05, 0) is 47.1 Å². The van der Waals surface area contributed by atoms with E-state index in [1.807, 2.05) is 24.3 Å². The maximum absolute atomic E-state index is 12.1. The van der Waals surface area contributed by atoms with E-state index in [1.165, 1.54) is 17.2 Å². The summed E-state index contributed by atoms with van der Waals surface area (Å²) in [6.45, 7) is 4.89. The summed E-state index contributed by atoms with van der Waals surface area (Å²) in [5, 5.41) is 3.79. The fraction of sp³-hybridized carbons (Fsp3) is 0.217. The van der Waals surface area contributed by atoms with E-state index in [1.54, 1.807) is 12.1 Å². The van der Waals surface area contributed by atoms with Crippen LogP contribution in [0.2, 0.25) is 0 Å². The summed E-state index contributed by atoms with van der Waals surface area (Å²) < 4.78 is 0. The van der Waals surface area contributed by atoms with E-state index in [2.05, 4.69) is 48.4 Å². The highest BCUT2D eigenvalue weighted by molar-refractivity contribution is 5.92. The molecule has 0 aliphatic rings. The third kappa shape index (κ3) is 4.94. The lowest BCUT2D eigenvalue weighted by molar-refractivity contribution is -0.116. The van der Waals surface area contributed by atoms with Crippen molar-refractivity contribution in [1.29, 1.82) is 0 Å². The van der Waals surface area contributed by atoms with Gasteiger partial charge >= 0.3 is 0 Å². The van der Waals surface area contributed by atoms with Crippen LogP contribution in [0.25, 0.3) is 17.0 Å². The van der Waals surface area contributed by atoms with E-state index >= 15 is 0 Å². The molecule has 0 radical (unpaired) electrons. The second-order valence-electron chi connectivity index (χ2n) is 6.91. The van der Waals surface area contributed by atoms with E-state index in [0.717, 1.165) is 17.3 Å². The van der Waals surface area contributed by atoms with Gasteiger partial charge in [0.05, 0.1) is 0 Å². The number of aromatic nitrogens is 1. The van der Waals surface area contributed by atoms with Crippen molar-refractivity contribution in [2.45, 2.75) is 26.2 Å². The Bertz CT molecular complexity index is 1010. The third-order valence-corrected chi connectivity index (χ3v) is 4.56. The predicted octanol–water partition coefficient (Wildman–Crippen LogP) is 4.02. The number of fused-ring (bicyclic) bond motifs is 1. The Morgan fingerprint density at radius 2 is 1.85 bits per heavy atom. The standard InChI is InChI=1S/C23H24N2O2/c1-16(2)18-9-7-17(8-10-18)13-14-24-22(26)12-11-20-15-19-5-3-4-6-21(19)25-23(20)27/h3-12,15-16H,13-14H2,1-2H3,(H,24,26)(H,25,27)/b12-11+. The first-order valence-corrected chi connectivity index (χ1v) is 9.20. The predicted molar refractivity (Wildman–Crippen MR) is 111 cm³/mol. The van der Waals surface area contributed by atoms with E-state index in [0.29, 0.717) is 18.0 Å². The minimum Gasteiger partial charge on any atom is -0.352 e. The molecule has 0 unspecified atom stereocenters. The third-order valence-electron chi connectivity index (χ3n) is 4.56. The van der Waals surface area contributed by atoms with Crippen LogP contribution >= 0.6 is 0 Å². The fourth-order valence-electron chi connectivity index (χ4n) is 2.91. The molecule has 0 atom stereocenters. The molecule has 27 heavy (non-hydrogen) atoms. The SMILES string of the molecule is CC(C)c1ccc(CCNC(=O)/C=C/c2cc3ccccc3[nH]c2=O)cc1. The second-order valence-corrected chi connectivity index (χ2v) is 6.91. The molecule has 3 rings (SSSR count). The van der Waals surface area contributed by atoms with Gasteiger partial charge in [0.1, 0.15) is 0 Å². The number of rotatable bonds is 6. The van der Waals surface area contributed by atoms with Crippen molar-refractivity contribution in [3.63, 3.8) is 0 Å². The highest BCUT2D eigenvalue weighted by Gasteiger charge is 2.02. The Kier molecular flexibility index (Phi) is 5.87. The molecule has 2 N–H and O–H groups in total. The molecule has 0 aliphatic heterocycles. The van der Waals surface area contributed by atoms with Crippen molar-refractivity contribution in [3.05, 3.63) is 87.7 Å². The van der Waals surface area contributed by atoms with Crippen molar-refractivity contribution in [3.8, 4) is 0 Å². The van der Waals surface area contributed by atoms with Gasteiger partial charge in [0.25, 0.3) is 5.56 Å². The fourth-order valence-corrected chi connectivity index (χ4v) is 2.91. The van der Waals surface area contributed by atoms with Crippen LogP contribution in [-0.2, 0) is 11.2 Å². The molecule has 1 aromatic heterocycles. The topological polar surface area (TPSA) is 62.0 Å². The smallest absolute Gasteiger partial charge is 0.255 e. The first-order valence-electron chi connectivity index (χ1n) is 9.20. The summed E-state index contributed by atoms with van der Waals surface area (Å²) in [5.41, 5.74) is 3.55. The van der Waals surface area contributed by atoms with Crippen molar-refractivity contribution in [2.75, 3.05) is 6.54 Å². The second kappa shape index (κ2) is 8.49. The largest absolute Gasteiger partial charge is 0.352 e. The highest BCUT2D eigenvalue weighted by Crippen LogP contribution is 2.14. The summed E-state index contributed by atoms with van der Waals surface area (Å²) in [5.74, 6) is 0.309. The number of carbonyl (C=O) groups excluding carboxylic acids is 1. The molecule has 138 valence electrons. The minimum absolute atomic E-state index is 0.206. The van der Waals surface area contributed by atoms with Crippen LogP contribution in [0.15, 0.2) is 65.5 Å². The number of nitrogens with one attached hydrogen (secondary N) is 2. The molecule has 2 aromatic carbocycles. The van der Waals surface area contributed by atoms with Crippen LogP contribution in [0.1, 0.15) is 36.5 Å². The van der Waals surface area contributed by atoms with Crippen LogP contribution < -0.4 is 10.9 Å². The molecule has 0 bridgehead atoms. The first-order chi connectivity index (χ1) is 13.0. The number of para-hydroxylation sites is 1. The highest BCUT2D eigenvalue weighted by atomic mass is 16.1. The quantitative estimate of drug-likeness (QED) is 0.652. The molecule has 0 fully saturated rings. The van der Waals surface area contributed by atoms with Crippen molar-refractivity contribution in [2.24, 2.45) is 0 Å². The molecule has 0 spiro atoms. The van der Waals surface area contributed by atoms with Gasteiger partial charge in [0.2, 0.25) is 5.91 Å². The maximum Gasteiger partial charge on any atom is 0.255 e. The van der Waals surface area contributed by atoms with Gasteiger partial charge in [-0.15, -0.1) is 0 Å². The van der Waals surface area contributed by atoms with E-state index in [-0.39, 0.29) is 11.5 Å². The van der Waals surface area contributed by atoms with Gasteiger partial charge in [-0.25, -0.2) is 0 Å². The van der Waals surface area contributed by atoms with Gasteiger partial charge < -0.3 is 10.3 Å². The Morgan fingerprint density at radius 3 is 2.59 bits per heavy atom.